The third-order valence-corrected chi connectivity index (χ3v) is 6.92. The summed E-state index contributed by atoms with van der Waals surface area (Å²) in [5.41, 5.74) is 0.0949. The summed E-state index contributed by atoms with van der Waals surface area (Å²) in [6, 6.07) is 5.34. The first-order valence-electron chi connectivity index (χ1n) is 10.3. The van der Waals surface area contributed by atoms with Gasteiger partial charge >= 0.3 is 12.1 Å². The van der Waals surface area contributed by atoms with Crippen molar-refractivity contribution < 1.29 is 32.6 Å². The number of hydrogen-bond donors (Lipinski definition) is 1. The number of sulfonamides is 1. The van der Waals surface area contributed by atoms with E-state index in [0.29, 0.717) is 0 Å². The predicted molar refractivity (Wildman–Crippen MR) is 117 cm³/mol. The molecule has 178 valence electrons. The highest BCUT2D eigenvalue weighted by atomic mass is 32.2. The highest BCUT2D eigenvalue weighted by Gasteiger charge is 2.37. The molecule has 0 spiro atoms. The lowest BCUT2D eigenvalue weighted by molar-refractivity contribution is -0.145. The van der Waals surface area contributed by atoms with Crippen molar-refractivity contribution in [3.8, 4) is 0 Å². The molecule has 0 bridgehead atoms. The Labute approximate surface area is 188 Å². The summed E-state index contributed by atoms with van der Waals surface area (Å²) < 4.78 is 32.3. The number of rotatable bonds is 6. The molecule has 1 aliphatic rings. The molecule has 1 aromatic rings. The van der Waals surface area contributed by atoms with Gasteiger partial charge in [-0.2, -0.15) is 4.31 Å². The minimum atomic E-state index is -3.70. The lowest BCUT2D eigenvalue weighted by atomic mass is 10.2. The van der Waals surface area contributed by atoms with Gasteiger partial charge in [-0.25, -0.2) is 18.1 Å². The lowest BCUT2D eigenvalue weighted by Crippen LogP contribution is -2.58. The smallest absolute Gasteiger partial charge is 0.417 e. The third kappa shape index (κ3) is 6.50. The maximum absolute atomic E-state index is 12.9. The lowest BCUT2D eigenvalue weighted by Gasteiger charge is -2.38. The van der Waals surface area contributed by atoms with E-state index in [1.165, 1.54) is 4.31 Å². The summed E-state index contributed by atoms with van der Waals surface area (Å²) in [5.74, 6) is -1.85. The fourth-order valence-electron chi connectivity index (χ4n) is 3.29. The minimum Gasteiger partial charge on any atom is -0.480 e. The topological polar surface area (TPSA) is 125 Å². The monoisotopic (exact) mass is 469 g/mol. The number of amides is 2. The van der Waals surface area contributed by atoms with Crippen molar-refractivity contribution in [1.29, 1.82) is 0 Å². The summed E-state index contributed by atoms with van der Waals surface area (Å²) in [7, 11) is -3.70. The van der Waals surface area contributed by atoms with Gasteiger partial charge in [-0.3, -0.25) is 14.5 Å². The Morgan fingerprint density at radius 1 is 1.09 bits per heavy atom. The van der Waals surface area contributed by atoms with Gasteiger partial charge in [0.05, 0.1) is 11.4 Å². The molecule has 1 aliphatic heterocycles. The normalized spacial score (nSPS) is 16.9. The number of hydrogen-bond acceptors (Lipinski definition) is 7. The molecule has 1 unspecified atom stereocenters. The van der Waals surface area contributed by atoms with Crippen LogP contribution in [0.3, 0.4) is 0 Å². The van der Waals surface area contributed by atoms with E-state index in [4.69, 9.17) is 4.74 Å². The quantitative estimate of drug-likeness (QED) is 0.665. The summed E-state index contributed by atoms with van der Waals surface area (Å²) in [6.07, 6.45) is -0.920. The van der Waals surface area contributed by atoms with Crippen molar-refractivity contribution in [1.82, 2.24) is 14.1 Å². The van der Waals surface area contributed by atoms with Gasteiger partial charge in [0.2, 0.25) is 15.9 Å². The van der Waals surface area contributed by atoms with Crippen LogP contribution in [0.4, 0.5) is 4.79 Å². The SMILES string of the molecule is CC(=O)N(CC(C(=O)O)N1CCN(S(=O)(=O)c2ccc(C)cc2)CC1)C(=O)OC(C)(C)C. The van der Waals surface area contributed by atoms with Crippen molar-refractivity contribution >= 4 is 28.0 Å². The molecule has 11 heteroatoms. The van der Waals surface area contributed by atoms with Crippen LogP contribution in [0.1, 0.15) is 33.3 Å². The molecule has 1 heterocycles. The minimum absolute atomic E-state index is 0.0898. The number of imide groups is 1. The molecular formula is C21H31N3O7S. The van der Waals surface area contributed by atoms with Crippen molar-refractivity contribution in [3.63, 3.8) is 0 Å². The van der Waals surface area contributed by atoms with Gasteiger partial charge in [0, 0.05) is 33.1 Å². The molecule has 0 radical (unpaired) electrons. The summed E-state index contributed by atoms with van der Waals surface area (Å²) >= 11 is 0. The second-order valence-electron chi connectivity index (χ2n) is 8.72. The first-order valence-corrected chi connectivity index (χ1v) is 11.7. The molecular weight excluding hydrogens is 438 g/mol. The molecule has 2 rings (SSSR count). The number of piperazine rings is 1. The van der Waals surface area contributed by atoms with E-state index in [9.17, 15) is 27.9 Å². The maximum atomic E-state index is 12.9. The number of benzene rings is 1. The number of aliphatic carboxylic acids is 1. The molecule has 1 atom stereocenters. The van der Waals surface area contributed by atoms with Crippen molar-refractivity contribution in [2.75, 3.05) is 32.7 Å². The maximum Gasteiger partial charge on any atom is 0.417 e. The van der Waals surface area contributed by atoms with Crippen LogP contribution in [0.15, 0.2) is 29.2 Å². The van der Waals surface area contributed by atoms with E-state index in [0.717, 1.165) is 17.4 Å². The van der Waals surface area contributed by atoms with Gasteiger partial charge in [-0.05, 0) is 39.8 Å². The molecule has 0 saturated carbocycles. The van der Waals surface area contributed by atoms with Gasteiger partial charge in [-0.1, -0.05) is 17.7 Å². The second-order valence-corrected chi connectivity index (χ2v) is 10.7. The number of carbonyl (C=O) groups is 3. The largest absolute Gasteiger partial charge is 0.480 e. The molecule has 1 N–H and O–H groups in total. The van der Waals surface area contributed by atoms with E-state index in [1.54, 1.807) is 49.9 Å². The molecule has 32 heavy (non-hydrogen) atoms. The van der Waals surface area contributed by atoms with E-state index in [2.05, 4.69) is 0 Å². The Hall–Kier alpha value is -2.50. The number of aryl methyl sites for hydroxylation is 1. The van der Waals surface area contributed by atoms with E-state index in [-0.39, 0.29) is 31.1 Å². The number of ether oxygens (including phenoxy) is 1. The zero-order valence-corrected chi connectivity index (χ0v) is 19.9. The van der Waals surface area contributed by atoms with Crippen LogP contribution in [-0.2, 0) is 24.3 Å². The Kier molecular flexibility index (Phi) is 8.02. The van der Waals surface area contributed by atoms with Crippen LogP contribution < -0.4 is 0 Å². The molecule has 2 amide bonds. The fraction of sp³-hybridized carbons (Fsp3) is 0.571. The Morgan fingerprint density at radius 2 is 1.62 bits per heavy atom. The molecule has 10 nitrogen and oxygen atoms in total. The molecule has 0 aromatic heterocycles. The Balaban J connectivity index is 2.11. The number of carboxylic acid groups (broad SMARTS) is 1. The highest BCUT2D eigenvalue weighted by Crippen LogP contribution is 2.20. The average Bonchev–Trinajstić information content (AvgIpc) is 2.67. The van der Waals surface area contributed by atoms with Crippen LogP contribution in [0, 0.1) is 6.92 Å². The van der Waals surface area contributed by atoms with Gasteiger partial charge < -0.3 is 9.84 Å². The number of nitrogens with zero attached hydrogens (tertiary/aromatic N) is 3. The Morgan fingerprint density at radius 3 is 2.06 bits per heavy atom. The van der Waals surface area contributed by atoms with Crippen molar-refractivity contribution in [2.45, 2.75) is 51.2 Å². The molecule has 0 aliphatic carbocycles. The van der Waals surface area contributed by atoms with Crippen LogP contribution in [-0.4, -0.2) is 90.0 Å². The van der Waals surface area contributed by atoms with Crippen molar-refractivity contribution in [3.05, 3.63) is 29.8 Å². The first-order chi connectivity index (χ1) is 14.7. The molecule has 1 saturated heterocycles. The van der Waals surface area contributed by atoms with E-state index < -0.39 is 46.2 Å². The van der Waals surface area contributed by atoms with Gasteiger partial charge in [0.15, 0.2) is 0 Å². The van der Waals surface area contributed by atoms with Crippen molar-refractivity contribution in [2.24, 2.45) is 0 Å². The summed E-state index contributed by atoms with van der Waals surface area (Å²) in [4.78, 5) is 38.8. The average molecular weight is 470 g/mol. The van der Waals surface area contributed by atoms with Crippen LogP contribution in [0.25, 0.3) is 0 Å². The van der Waals surface area contributed by atoms with Crippen LogP contribution in [0.2, 0.25) is 0 Å². The third-order valence-electron chi connectivity index (χ3n) is 5.01. The van der Waals surface area contributed by atoms with Crippen LogP contribution in [0.5, 0.6) is 0 Å². The highest BCUT2D eigenvalue weighted by molar-refractivity contribution is 7.89. The number of carbonyl (C=O) groups excluding carboxylic acids is 2. The van der Waals surface area contributed by atoms with Crippen LogP contribution >= 0.6 is 0 Å². The molecule has 1 aromatic carbocycles. The zero-order chi connectivity index (χ0) is 24.3. The molecule has 1 fully saturated rings. The van der Waals surface area contributed by atoms with Gasteiger partial charge in [0.25, 0.3) is 0 Å². The first kappa shape index (κ1) is 25.8. The van der Waals surface area contributed by atoms with E-state index in [1.807, 2.05) is 6.92 Å². The van der Waals surface area contributed by atoms with Gasteiger partial charge in [0.1, 0.15) is 11.6 Å². The summed E-state index contributed by atoms with van der Waals surface area (Å²) in [5, 5.41) is 9.74. The fourth-order valence-corrected chi connectivity index (χ4v) is 4.71. The second kappa shape index (κ2) is 9.97. The van der Waals surface area contributed by atoms with Gasteiger partial charge in [-0.15, -0.1) is 0 Å². The summed E-state index contributed by atoms with van der Waals surface area (Å²) in [6.45, 7) is 8.02. The van der Waals surface area contributed by atoms with E-state index >= 15 is 0 Å². The zero-order valence-electron chi connectivity index (χ0n) is 19.1. The Bertz CT molecular complexity index is 947. The predicted octanol–water partition coefficient (Wildman–Crippen LogP) is 1.54. The standard InChI is InChI=1S/C21H31N3O7S/c1-15-6-8-17(9-7-15)32(29,30)23-12-10-22(11-13-23)18(19(26)27)14-24(16(2)25)20(28)31-21(3,4)5/h6-9,18H,10-14H2,1-5H3,(H,26,27). The number of carboxylic acids is 1.